The maximum absolute atomic E-state index is 11.7. The van der Waals surface area contributed by atoms with Gasteiger partial charge in [-0.25, -0.2) is 8.42 Å². The third-order valence-corrected chi connectivity index (χ3v) is 6.24. The molecule has 1 fully saturated rings. The molecule has 24 heavy (non-hydrogen) atoms. The topological polar surface area (TPSA) is 99.0 Å². The van der Waals surface area contributed by atoms with E-state index in [4.69, 9.17) is 9.47 Å². The number of nitro benzene ring substituents is 1. The van der Waals surface area contributed by atoms with E-state index in [1.54, 1.807) is 0 Å². The van der Waals surface area contributed by atoms with Gasteiger partial charge in [0.15, 0.2) is 16.6 Å². The van der Waals surface area contributed by atoms with Crippen molar-refractivity contribution < 1.29 is 22.8 Å². The van der Waals surface area contributed by atoms with E-state index in [1.807, 2.05) is 11.8 Å². The summed E-state index contributed by atoms with van der Waals surface area (Å²) in [5, 5.41) is 11.2. The summed E-state index contributed by atoms with van der Waals surface area (Å²) in [6.45, 7) is 3.42. The number of nitrogens with zero attached hydrogens (tertiary/aromatic N) is 2. The minimum Gasteiger partial charge on any atom is -0.467 e. The molecule has 0 unspecified atom stereocenters. The first-order chi connectivity index (χ1) is 11.4. The summed E-state index contributed by atoms with van der Waals surface area (Å²) in [7, 11) is -2.98. The van der Waals surface area contributed by atoms with E-state index in [9.17, 15) is 18.5 Å². The molecule has 1 aromatic rings. The average Bonchev–Trinajstić information content (AvgIpc) is 2.91. The summed E-state index contributed by atoms with van der Waals surface area (Å²) < 4.78 is 34.2. The van der Waals surface area contributed by atoms with Crippen LogP contribution in [0.2, 0.25) is 0 Å². The zero-order chi connectivity index (χ0) is 17.3. The van der Waals surface area contributed by atoms with E-state index < -0.39 is 14.8 Å². The lowest BCUT2D eigenvalue weighted by molar-refractivity contribution is -0.385. The average molecular weight is 356 g/mol. The summed E-state index contributed by atoms with van der Waals surface area (Å²) in [6.07, 6.45) is 0.595. The van der Waals surface area contributed by atoms with Gasteiger partial charge >= 0.3 is 0 Å². The lowest BCUT2D eigenvalue weighted by atomic mass is 10.1. The number of rotatable bonds is 5. The fourth-order valence-electron chi connectivity index (χ4n) is 3.28. The van der Waals surface area contributed by atoms with Crippen LogP contribution in [0.4, 0.5) is 5.69 Å². The van der Waals surface area contributed by atoms with Crippen molar-refractivity contribution in [3.8, 4) is 5.75 Å². The van der Waals surface area contributed by atoms with Crippen LogP contribution in [0.1, 0.15) is 24.5 Å². The highest BCUT2D eigenvalue weighted by Gasteiger charge is 2.32. The molecule has 8 nitrogen and oxygen atoms in total. The monoisotopic (exact) mass is 356 g/mol. The Labute approximate surface area is 140 Å². The zero-order valence-electron chi connectivity index (χ0n) is 13.4. The fourth-order valence-corrected chi connectivity index (χ4v) is 5.05. The van der Waals surface area contributed by atoms with Gasteiger partial charge in [0.1, 0.15) is 5.75 Å². The van der Waals surface area contributed by atoms with Crippen molar-refractivity contribution in [2.24, 2.45) is 0 Å². The number of hydrogen-bond donors (Lipinski definition) is 0. The Morgan fingerprint density at radius 1 is 1.42 bits per heavy atom. The van der Waals surface area contributed by atoms with Crippen molar-refractivity contribution in [1.29, 1.82) is 0 Å². The van der Waals surface area contributed by atoms with Gasteiger partial charge in [0.25, 0.3) is 5.69 Å². The minimum absolute atomic E-state index is 0.00653. The van der Waals surface area contributed by atoms with Crippen LogP contribution in [0.15, 0.2) is 12.1 Å². The molecule has 0 aliphatic carbocycles. The van der Waals surface area contributed by atoms with Gasteiger partial charge in [-0.05, 0) is 13.0 Å². The van der Waals surface area contributed by atoms with E-state index in [1.165, 1.54) is 12.1 Å². The molecule has 0 spiro atoms. The van der Waals surface area contributed by atoms with Crippen molar-refractivity contribution in [2.45, 2.75) is 32.5 Å². The van der Waals surface area contributed by atoms with Crippen LogP contribution in [-0.2, 0) is 27.7 Å². The molecule has 0 amide bonds. The summed E-state index contributed by atoms with van der Waals surface area (Å²) in [6, 6.07) is 2.92. The smallest absolute Gasteiger partial charge is 0.270 e. The molecular weight excluding hydrogens is 336 g/mol. The molecule has 3 rings (SSSR count). The lowest BCUT2D eigenvalue weighted by Gasteiger charge is -2.28. The van der Waals surface area contributed by atoms with Crippen molar-refractivity contribution in [1.82, 2.24) is 4.90 Å². The van der Waals surface area contributed by atoms with Crippen LogP contribution in [0.25, 0.3) is 0 Å². The first-order valence-electron chi connectivity index (χ1n) is 7.85. The molecule has 2 aliphatic heterocycles. The van der Waals surface area contributed by atoms with E-state index in [0.717, 1.165) is 0 Å². The van der Waals surface area contributed by atoms with Gasteiger partial charge in [0, 0.05) is 35.8 Å². The zero-order valence-corrected chi connectivity index (χ0v) is 14.3. The molecule has 0 bridgehead atoms. The Hall–Kier alpha value is -1.71. The van der Waals surface area contributed by atoms with E-state index >= 15 is 0 Å². The second kappa shape index (κ2) is 6.66. The molecule has 2 heterocycles. The van der Waals surface area contributed by atoms with Crippen LogP contribution in [0, 0.1) is 10.1 Å². The van der Waals surface area contributed by atoms with Gasteiger partial charge in [-0.15, -0.1) is 0 Å². The van der Waals surface area contributed by atoms with Gasteiger partial charge in [-0.1, -0.05) is 6.92 Å². The second-order valence-electron chi connectivity index (χ2n) is 6.08. The molecule has 1 aromatic carbocycles. The third kappa shape index (κ3) is 3.52. The second-order valence-corrected chi connectivity index (χ2v) is 8.31. The molecule has 0 aromatic heterocycles. The van der Waals surface area contributed by atoms with Gasteiger partial charge in [-0.3, -0.25) is 15.0 Å². The van der Waals surface area contributed by atoms with Crippen molar-refractivity contribution in [3.05, 3.63) is 33.4 Å². The van der Waals surface area contributed by atoms with Crippen molar-refractivity contribution in [2.75, 3.05) is 24.8 Å². The van der Waals surface area contributed by atoms with Gasteiger partial charge in [0.05, 0.1) is 23.0 Å². The Balaban J connectivity index is 1.90. The molecule has 9 heteroatoms. The molecule has 0 N–H and O–H groups in total. The molecule has 1 saturated heterocycles. The first kappa shape index (κ1) is 17.1. The number of fused-ring (bicyclic) bond motifs is 1. The minimum atomic E-state index is -2.98. The molecule has 0 radical (unpaired) electrons. The summed E-state index contributed by atoms with van der Waals surface area (Å²) in [5.74, 6) is 0.958. The normalized spacial score (nSPS) is 22.2. The first-order valence-corrected chi connectivity index (χ1v) is 9.67. The largest absolute Gasteiger partial charge is 0.467 e. The molecular formula is C15H20N2O6S. The maximum Gasteiger partial charge on any atom is 0.270 e. The summed E-state index contributed by atoms with van der Waals surface area (Å²) in [5.41, 5.74) is 1.35. The van der Waals surface area contributed by atoms with Crippen LogP contribution in [0.3, 0.4) is 0 Å². The number of nitro groups is 1. The highest BCUT2D eigenvalue weighted by molar-refractivity contribution is 7.91. The Morgan fingerprint density at radius 2 is 2.21 bits per heavy atom. The summed E-state index contributed by atoms with van der Waals surface area (Å²) >= 11 is 0. The molecule has 132 valence electrons. The Bertz CT molecular complexity index is 749. The number of hydrogen-bond acceptors (Lipinski definition) is 7. The van der Waals surface area contributed by atoms with Crippen LogP contribution < -0.4 is 4.74 Å². The quantitative estimate of drug-likeness (QED) is 0.582. The van der Waals surface area contributed by atoms with Crippen LogP contribution >= 0.6 is 0 Å². The third-order valence-electron chi connectivity index (χ3n) is 4.49. The Kier molecular flexibility index (Phi) is 4.75. The predicted molar refractivity (Wildman–Crippen MR) is 86.5 cm³/mol. The highest BCUT2D eigenvalue weighted by Crippen LogP contribution is 2.34. The maximum atomic E-state index is 11.7. The van der Waals surface area contributed by atoms with Crippen molar-refractivity contribution in [3.63, 3.8) is 0 Å². The van der Waals surface area contributed by atoms with E-state index in [2.05, 4.69) is 0 Å². The molecule has 2 aliphatic rings. The SMILES string of the molecule is CCN(Cc1cc([N+](=O)[O-])cc2c1OCOC2)[C@H]1CCS(=O)(=O)C1. The highest BCUT2D eigenvalue weighted by atomic mass is 32.2. The lowest BCUT2D eigenvalue weighted by Crippen LogP contribution is -2.35. The Morgan fingerprint density at radius 3 is 2.83 bits per heavy atom. The predicted octanol–water partition coefficient (Wildman–Crippen LogP) is 1.47. The van der Waals surface area contributed by atoms with Gasteiger partial charge in [0.2, 0.25) is 0 Å². The number of non-ortho nitro benzene ring substituents is 1. The summed E-state index contributed by atoms with van der Waals surface area (Å²) in [4.78, 5) is 12.8. The van der Waals surface area contributed by atoms with E-state index in [0.29, 0.717) is 36.4 Å². The standard InChI is InChI=1S/C15H20N2O6S/c1-2-16(13-3-4-24(20,21)9-13)7-11-5-14(17(18)19)6-12-8-22-10-23-15(11)12/h5-6,13H,2-4,7-10H2,1H3/t13-/m0/s1. The van der Waals surface area contributed by atoms with Crippen LogP contribution in [0.5, 0.6) is 5.75 Å². The van der Waals surface area contributed by atoms with Gasteiger partial charge < -0.3 is 9.47 Å². The number of ether oxygens (including phenoxy) is 2. The number of sulfone groups is 1. The molecule has 1 atom stereocenters. The van der Waals surface area contributed by atoms with E-state index in [-0.39, 0.29) is 36.6 Å². The molecule has 0 saturated carbocycles. The fraction of sp³-hybridized carbons (Fsp3) is 0.600. The van der Waals surface area contributed by atoms with Crippen LogP contribution in [-0.4, -0.2) is 49.1 Å². The van der Waals surface area contributed by atoms with Crippen molar-refractivity contribution >= 4 is 15.5 Å². The number of benzene rings is 1. The van der Waals surface area contributed by atoms with Gasteiger partial charge in [-0.2, -0.15) is 0 Å².